The first-order chi connectivity index (χ1) is 8.54. The van der Waals surface area contributed by atoms with Crippen molar-refractivity contribution < 1.29 is 14.6 Å². The Labute approximate surface area is 111 Å². The monoisotopic (exact) mass is 256 g/mol. The minimum Gasteiger partial charge on any atom is -0.390 e. The fourth-order valence-electron chi connectivity index (χ4n) is 4.19. The SMILES string of the molecule is COCO[C@@H]1CCCC2C1CCC[C@@H]2C(C)(C)O. The molecule has 0 radical (unpaired) electrons. The molecule has 0 saturated heterocycles. The quantitative estimate of drug-likeness (QED) is 0.786. The van der Waals surface area contributed by atoms with E-state index in [-0.39, 0.29) is 0 Å². The van der Waals surface area contributed by atoms with Crippen LogP contribution in [-0.4, -0.2) is 30.7 Å². The fraction of sp³-hybridized carbons (Fsp3) is 1.00. The molecule has 2 rings (SSSR count). The molecule has 3 heteroatoms. The van der Waals surface area contributed by atoms with E-state index in [9.17, 15) is 5.11 Å². The molecule has 0 aliphatic heterocycles. The molecule has 4 atom stereocenters. The van der Waals surface area contributed by atoms with Gasteiger partial charge in [0, 0.05) is 7.11 Å². The second kappa shape index (κ2) is 5.89. The molecule has 18 heavy (non-hydrogen) atoms. The summed E-state index contributed by atoms with van der Waals surface area (Å²) < 4.78 is 10.9. The maximum absolute atomic E-state index is 10.4. The average molecular weight is 256 g/mol. The molecule has 2 saturated carbocycles. The number of fused-ring (bicyclic) bond motifs is 1. The molecule has 0 bridgehead atoms. The summed E-state index contributed by atoms with van der Waals surface area (Å²) >= 11 is 0. The van der Waals surface area contributed by atoms with Gasteiger partial charge in [-0.2, -0.15) is 0 Å². The van der Waals surface area contributed by atoms with Gasteiger partial charge in [0.2, 0.25) is 0 Å². The highest BCUT2D eigenvalue weighted by Gasteiger charge is 2.45. The lowest BCUT2D eigenvalue weighted by molar-refractivity contribution is -0.142. The van der Waals surface area contributed by atoms with Crippen molar-refractivity contribution in [3.8, 4) is 0 Å². The van der Waals surface area contributed by atoms with Gasteiger partial charge >= 0.3 is 0 Å². The van der Waals surface area contributed by atoms with Crippen LogP contribution in [0.2, 0.25) is 0 Å². The summed E-state index contributed by atoms with van der Waals surface area (Å²) in [4.78, 5) is 0. The van der Waals surface area contributed by atoms with E-state index in [1.807, 2.05) is 13.8 Å². The van der Waals surface area contributed by atoms with Crippen LogP contribution in [0, 0.1) is 17.8 Å². The fourth-order valence-corrected chi connectivity index (χ4v) is 4.19. The van der Waals surface area contributed by atoms with Crippen molar-refractivity contribution in [3.63, 3.8) is 0 Å². The van der Waals surface area contributed by atoms with E-state index >= 15 is 0 Å². The summed E-state index contributed by atoms with van der Waals surface area (Å²) in [6.07, 6.45) is 7.63. The predicted molar refractivity (Wildman–Crippen MR) is 71.2 cm³/mol. The molecule has 3 nitrogen and oxygen atoms in total. The van der Waals surface area contributed by atoms with Crippen molar-refractivity contribution in [1.82, 2.24) is 0 Å². The Balaban J connectivity index is 2.05. The number of hydrogen-bond acceptors (Lipinski definition) is 3. The van der Waals surface area contributed by atoms with Gasteiger partial charge in [0.1, 0.15) is 6.79 Å². The minimum atomic E-state index is -0.549. The number of aliphatic hydroxyl groups is 1. The Hall–Kier alpha value is -0.120. The van der Waals surface area contributed by atoms with Crippen molar-refractivity contribution in [1.29, 1.82) is 0 Å². The molecule has 1 N–H and O–H groups in total. The van der Waals surface area contributed by atoms with Gasteiger partial charge in [0.25, 0.3) is 0 Å². The topological polar surface area (TPSA) is 38.7 Å². The summed E-state index contributed by atoms with van der Waals surface area (Å²) in [7, 11) is 1.68. The zero-order valence-corrected chi connectivity index (χ0v) is 12.0. The van der Waals surface area contributed by atoms with E-state index in [4.69, 9.17) is 9.47 Å². The lowest BCUT2D eigenvalue weighted by atomic mass is 9.60. The number of ether oxygens (including phenoxy) is 2. The van der Waals surface area contributed by atoms with Gasteiger partial charge in [0.05, 0.1) is 11.7 Å². The van der Waals surface area contributed by atoms with Crippen LogP contribution >= 0.6 is 0 Å². The highest BCUT2D eigenvalue weighted by Crippen LogP contribution is 2.48. The Kier molecular flexibility index (Phi) is 4.68. The van der Waals surface area contributed by atoms with E-state index in [0.29, 0.717) is 30.7 Å². The van der Waals surface area contributed by atoms with Gasteiger partial charge < -0.3 is 14.6 Å². The van der Waals surface area contributed by atoms with Crippen LogP contribution in [0.3, 0.4) is 0 Å². The molecule has 0 aromatic carbocycles. The van der Waals surface area contributed by atoms with Crippen LogP contribution in [0.25, 0.3) is 0 Å². The molecule has 2 fully saturated rings. The number of rotatable bonds is 4. The first-order valence-electron chi connectivity index (χ1n) is 7.37. The Morgan fingerprint density at radius 1 is 1.06 bits per heavy atom. The number of hydrogen-bond donors (Lipinski definition) is 1. The van der Waals surface area contributed by atoms with E-state index < -0.39 is 5.60 Å². The van der Waals surface area contributed by atoms with Crippen molar-refractivity contribution in [2.24, 2.45) is 17.8 Å². The van der Waals surface area contributed by atoms with Gasteiger partial charge in [0.15, 0.2) is 0 Å². The zero-order chi connectivity index (χ0) is 13.2. The zero-order valence-electron chi connectivity index (χ0n) is 12.0. The maximum atomic E-state index is 10.4. The molecule has 0 amide bonds. The maximum Gasteiger partial charge on any atom is 0.146 e. The Morgan fingerprint density at radius 2 is 1.72 bits per heavy atom. The first kappa shape index (κ1) is 14.3. The van der Waals surface area contributed by atoms with Crippen LogP contribution in [0.4, 0.5) is 0 Å². The second-order valence-electron chi connectivity index (χ2n) is 6.56. The van der Waals surface area contributed by atoms with Crippen molar-refractivity contribution in [3.05, 3.63) is 0 Å². The number of methoxy groups -OCH3 is 1. The van der Waals surface area contributed by atoms with Crippen LogP contribution in [0.1, 0.15) is 52.4 Å². The lowest BCUT2D eigenvalue weighted by Gasteiger charge is -2.48. The van der Waals surface area contributed by atoms with Crippen molar-refractivity contribution >= 4 is 0 Å². The second-order valence-corrected chi connectivity index (χ2v) is 6.56. The van der Waals surface area contributed by atoms with Gasteiger partial charge in [-0.3, -0.25) is 0 Å². The molecule has 0 spiro atoms. The summed E-state index contributed by atoms with van der Waals surface area (Å²) in [5, 5.41) is 10.4. The van der Waals surface area contributed by atoms with Crippen molar-refractivity contribution in [2.75, 3.05) is 13.9 Å². The molecule has 2 unspecified atom stereocenters. The van der Waals surface area contributed by atoms with Crippen molar-refractivity contribution in [2.45, 2.75) is 64.1 Å². The first-order valence-corrected chi connectivity index (χ1v) is 7.37. The summed E-state index contributed by atoms with van der Waals surface area (Å²) in [5.41, 5.74) is -0.549. The Bertz CT molecular complexity index is 259. The van der Waals surface area contributed by atoms with Crippen LogP contribution in [-0.2, 0) is 9.47 Å². The normalized spacial score (nSPS) is 37.3. The lowest BCUT2D eigenvalue weighted by Crippen LogP contribution is -2.47. The highest BCUT2D eigenvalue weighted by molar-refractivity contribution is 4.95. The summed E-state index contributed by atoms with van der Waals surface area (Å²) in [5.74, 6) is 1.69. The van der Waals surface area contributed by atoms with E-state index in [1.54, 1.807) is 7.11 Å². The van der Waals surface area contributed by atoms with Crippen LogP contribution < -0.4 is 0 Å². The molecule has 0 aromatic heterocycles. The molecular formula is C15H28O3. The molecular weight excluding hydrogens is 228 g/mol. The largest absolute Gasteiger partial charge is 0.390 e. The third-order valence-corrected chi connectivity index (χ3v) is 4.93. The Morgan fingerprint density at radius 3 is 2.39 bits per heavy atom. The van der Waals surface area contributed by atoms with Gasteiger partial charge in [-0.15, -0.1) is 0 Å². The average Bonchev–Trinajstić information content (AvgIpc) is 2.34. The standard InChI is InChI=1S/C15H28O3/c1-15(2,16)13-8-4-7-12-11(13)6-5-9-14(12)18-10-17-3/h11-14,16H,4-10H2,1-3H3/t11?,12?,13-,14+/m0/s1. The summed E-state index contributed by atoms with van der Waals surface area (Å²) in [6, 6.07) is 0. The van der Waals surface area contributed by atoms with Gasteiger partial charge in [-0.25, -0.2) is 0 Å². The highest BCUT2D eigenvalue weighted by atomic mass is 16.7. The van der Waals surface area contributed by atoms with Crippen LogP contribution in [0.15, 0.2) is 0 Å². The van der Waals surface area contributed by atoms with Crippen LogP contribution in [0.5, 0.6) is 0 Å². The minimum absolute atomic E-state index is 0.342. The van der Waals surface area contributed by atoms with E-state index in [2.05, 4.69) is 0 Å². The van der Waals surface area contributed by atoms with E-state index in [0.717, 1.165) is 6.42 Å². The third-order valence-electron chi connectivity index (χ3n) is 4.93. The van der Waals surface area contributed by atoms with Gasteiger partial charge in [-0.1, -0.05) is 12.8 Å². The summed E-state index contributed by atoms with van der Waals surface area (Å²) in [6.45, 7) is 4.35. The molecule has 0 aromatic rings. The predicted octanol–water partition coefficient (Wildman–Crippen LogP) is 2.96. The smallest absolute Gasteiger partial charge is 0.146 e. The van der Waals surface area contributed by atoms with E-state index in [1.165, 1.54) is 32.1 Å². The molecule has 0 heterocycles. The van der Waals surface area contributed by atoms with Gasteiger partial charge in [-0.05, 0) is 57.3 Å². The molecule has 2 aliphatic rings. The molecule has 2 aliphatic carbocycles. The third kappa shape index (κ3) is 3.06. The molecule has 106 valence electrons.